The van der Waals surface area contributed by atoms with Crippen LogP contribution in [-0.4, -0.2) is 32.1 Å². The number of hydrogen-bond acceptors (Lipinski definition) is 4. The Labute approximate surface area is 146 Å². The maximum Gasteiger partial charge on any atom is 0.300 e. The van der Waals surface area contributed by atoms with Crippen LogP contribution in [0.4, 0.5) is 0 Å². The van der Waals surface area contributed by atoms with Crippen molar-refractivity contribution in [3.8, 4) is 0 Å². The number of carboxylic acids is 2. The van der Waals surface area contributed by atoms with Gasteiger partial charge in [-0.25, -0.2) is 0 Å². The number of hydrogen-bond donors (Lipinski definition) is 2. The van der Waals surface area contributed by atoms with Gasteiger partial charge in [0.1, 0.15) is 0 Å². The van der Waals surface area contributed by atoms with Crippen LogP contribution >= 0.6 is 0 Å². The van der Waals surface area contributed by atoms with E-state index >= 15 is 0 Å². The summed E-state index contributed by atoms with van der Waals surface area (Å²) in [6.07, 6.45) is 3.60. The van der Waals surface area contributed by atoms with E-state index in [1.807, 2.05) is 12.1 Å². The Morgan fingerprint density at radius 2 is 1.09 bits per heavy atom. The molecule has 7 heteroatoms. The van der Waals surface area contributed by atoms with Gasteiger partial charge in [0.05, 0.1) is 11.0 Å². The Morgan fingerprint density at radius 1 is 0.783 bits per heavy atom. The Hall–Kier alpha value is -2.36. The minimum absolute atomic E-state index is 0. The van der Waals surface area contributed by atoms with E-state index in [0.717, 1.165) is 35.7 Å². The van der Waals surface area contributed by atoms with Crippen molar-refractivity contribution < 1.29 is 40.2 Å². The molecule has 0 aliphatic heterocycles. The summed E-state index contributed by atoms with van der Waals surface area (Å²) < 4.78 is 0. The van der Waals surface area contributed by atoms with E-state index < -0.39 is 11.9 Å². The average molecular weight is 407 g/mol. The Morgan fingerprint density at radius 3 is 1.39 bits per heavy atom. The standard InChI is InChI=1S/C12H8N2.2C2H4O2.Pd/c1-3-9-5-6-10-4-2-8-14-12(10)11(9)13-7-1;2*1-2(3)4;/h1-8H;2*1H3,(H,3,4);. The van der Waals surface area contributed by atoms with Crippen LogP contribution in [0.15, 0.2) is 48.8 Å². The van der Waals surface area contributed by atoms with E-state index in [1.54, 1.807) is 12.4 Å². The zero-order chi connectivity index (χ0) is 16.5. The van der Waals surface area contributed by atoms with E-state index in [-0.39, 0.29) is 20.4 Å². The summed E-state index contributed by atoms with van der Waals surface area (Å²) in [5.41, 5.74) is 1.95. The number of pyridine rings is 2. The molecular weight excluding hydrogens is 391 g/mol. The molecule has 124 valence electrons. The van der Waals surface area contributed by atoms with Crippen molar-refractivity contribution in [3.05, 3.63) is 48.8 Å². The molecule has 3 rings (SSSR count). The van der Waals surface area contributed by atoms with Gasteiger partial charge in [-0.1, -0.05) is 24.3 Å². The van der Waals surface area contributed by atoms with Gasteiger partial charge in [0.2, 0.25) is 0 Å². The Bertz CT molecular complexity index is 718. The van der Waals surface area contributed by atoms with Crippen molar-refractivity contribution in [3.63, 3.8) is 0 Å². The zero-order valence-electron chi connectivity index (χ0n) is 12.5. The van der Waals surface area contributed by atoms with Gasteiger partial charge >= 0.3 is 0 Å². The third-order valence-electron chi connectivity index (χ3n) is 2.34. The van der Waals surface area contributed by atoms with Gasteiger partial charge in [0, 0.05) is 57.4 Å². The third-order valence-corrected chi connectivity index (χ3v) is 2.34. The molecule has 0 aliphatic rings. The first-order chi connectivity index (χ1) is 10.4. The molecule has 0 amide bonds. The van der Waals surface area contributed by atoms with Crippen LogP contribution in [-0.2, 0) is 30.0 Å². The molecule has 0 aliphatic carbocycles. The van der Waals surface area contributed by atoms with E-state index in [2.05, 4.69) is 34.2 Å². The Kier molecular flexibility index (Phi) is 9.32. The van der Waals surface area contributed by atoms with Crippen LogP contribution in [0.3, 0.4) is 0 Å². The van der Waals surface area contributed by atoms with Crippen LogP contribution in [0, 0.1) is 0 Å². The largest absolute Gasteiger partial charge is 0.481 e. The van der Waals surface area contributed by atoms with Crippen molar-refractivity contribution in [1.29, 1.82) is 0 Å². The maximum atomic E-state index is 9.00. The normalized spacial score (nSPS) is 8.78. The fraction of sp³-hybridized carbons (Fsp3) is 0.125. The SMILES string of the molecule is CC(=O)O.CC(=O)O.[Pd].c1cnc2c(c1)ccc1cccnc12. The molecule has 0 saturated carbocycles. The fourth-order valence-electron chi connectivity index (χ4n) is 1.68. The molecule has 3 aromatic rings. The molecule has 0 saturated heterocycles. The first kappa shape index (κ1) is 20.6. The van der Waals surface area contributed by atoms with Gasteiger partial charge in [-0.05, 0) is 12.1 Å². The van der Waals surface area contributed by atoms with Crippen molar-refractivity contribution in [2.45, 2.75) is 13.8 Å². The van der Waals surface area contributed by atoms with Crippen LogP contribution in [0.1, 0.15) is 13.8 Å². The zero-order valence-corrected chi connectivity index (χ0v) is 14.1. The first-order valence-corrected chi connectivity index (χ1v) is 6.39. The molecular formula is C16H16N2O4Pd. The number of fused-ring (bicyclic) bond motifs is 3. The second kappa shape index (κ2) is 10.4. The summed E-state index contributed by atoms with van der Waals surface area (Å²) in [7, 11) is 0. The predicted molar refractivity (Wildman–Crippen MR) is 83.7 cm³/mol. The molecule has 0 radical (unpaired) electrons. The van der Waals surface area contributed by atoms with Gasteiger partial charge in [-0.3, -0.25) is 19.6 Å². The van der Waals surface area contributed by atoms with Crippen LogP contribution in [0.5, 0.6) is 0 Å². The minimum Gasteiger partial charge on any atom is -0.481 e. The molecule has 2 aromatic heterocycles. The smallest absolute Gasteiger partial charge is 0.300 e. The molecule has 0 spiro atoms. The van der Waals surface area contributed by atoms with Gasteiger partial charge in [-0.2, -0.15) is 0 Å². The van der Waals surface area contributed by atoms with E-state index in [0.29, 0.717) is 0 Å². The fourth-order valence-corrected chi connectivity index (χ4v) is 1.68. The monoisotopic (exact) mass is 406 g/mol. The third kappa shape index (κ3) is 7.45. The quantitative estimate of drug-likeness (QED) is 0.440. The van der Waals surface area contributed by atoms with Crippen molar-refractivity contribution in [2.75, 3.05) is 0 Å². The van der Waals surface area contributed by atoms with E-state index in [9.17, 15) is 0 Å². The molecule has 2 N–H and O–H groups in total. The van der Waals surface area contributed by atoms with Crippen molar-refractivity contribution in [2.24, 2.45) is 0 Å². The summed E-state index contributed by atoms with van der Waals surface area (Å²) in [5, 5.41) is 17.1. The van der Waals surface area contributed by atoms with Crippen molar-refractivity contribution in [1.82, 2.24) is 9.97 Å². The van der Waals surface area contributed by atoms with Crippen LogP contribution < -0.4 is 0 Å². The number of aliphatic carboxylic acids is 2. The predicted octanol–water partition coefficient (Wildman–Crippen LogP) is 2.96. The van der Waals surface area contributed by atoms with Crippen LogP contribution in [0.25, 0.3) is 21.8 Å². The number of carbonyl (C=O) groups is 2. The molecule has 0 bridgehead atoms. The van der Waals surface area contributed by atoms with Gasteiger partial charge in [-0.15, -0.1) is 0 Å². The Balaban J connectivity index is 0.000000461. The van der Waals surface area contributed by atoms with Crippen molar-refractivity contribution >= 4 is 33.7 Å². The maximum absolute atomic E-state index is 9.00. The number of nitrogens with zero attached hydrogens (tertiary/aromatic N) is 2. The molecule has 6 nitrogen and oxygen atoms in total. The van der Waals surface area contributed by atoms with Gasteiger partial charge in [0.15, 0.2) is 0 Å². The summed E-state index contributed by atoms with van der Waals surface area (Å²) in [4.78, 5) is 26.7. The number of rotatable bonds is 0. The van der Waals surface area contributed by atoms with Gasteiger partial charge in [0.25, 0.3) is 11.9 Å². The summed E-state index contributed by atoms with van der Waals surface area (Å²) in [5.74, 6) is -1.67. The van der Waals surface area contributed by atoms with Gasteiger partial charge < -0.3 is 10.2 Å². The molecule has 0 atom stereocenters. The molecule has 2 heterocycles. The average Bonchev–Trinajstić information content (AvgIpc) is 2.46. The molecule has 1 aromatic carbocycles. The van der Waals surface area contributed by atoms with Crippen LogP contribution in [0.2, 0.25) is 0 Å². The number of carboxylic acid groups (broad SMARTS) is 2. The molecule has 0 unspecified atom stereocenters. The van der Waals surface area contributed by atoms with E-state index in [1.165, 1.54) is 0 Å². The second-order valence-corrected chi connectivity index (χ2v) is 4.25. The minimum atomic E-state index is -0.833. The summed E-state index contributed by atoms with van der Waals surface area (Å²) >= 11 is 0. The molecule has 0 fully saturated rings. The van der Waals surface area contributed by atoms with E-state index in [4.69, 9.17) is 19.8 Å². The second-order valence-electron chi connectivity index (χ2n) is 4.25. The first-order valence-electron chi connectivity index (χ1n) is 6.39. The summed E-state index contributed by atoms with van der Waals surface area (Å²) in [6, 6.07) is 12.1. The number of aromatic nitrogens is 2. The topological polar surface area (TPSA) is 100 Å². The summed E-state index contributed by atoms with van der Waals surface area (Å²) in [6.45, 7) is 2.17. The molecule has 23 heavy (non-hydrogen) atoms. The number of benzene rings is 1.